The van der Waals surface area contributed by atoms with Gasteiger partial charge in [0.05, 0.1) is 12.6 Å². The SMILES string of the molecule is CC(Nc1ncc2cc(F)c(=O)n(CC(C)(C)C)c2n1)c1ccc(CN2CCCC(F)(F)C2)cc1. The largest absolute Gasteiger partial charge is 0.348 e. The summed E-state index contributed by atoms with van der Waals surface area (Å²) in [5.41, 5.74) is 1.39. The monoisotopic (exact) mass is 487 g/mol. The first-order valence-corrected chi connectivity index (χ1v) is 11.9. The van der Waals surface area contributed by atoms with Gasteiger partial charge in [-0.3, -0.25) is 14.3 Å². The number of hydrogen-bond donors (Lipinski definition) is 1. The van der Waals surface area contributed by atoms with Gasteiger partial charge < -0.3 is 5.32 Å². The molecule has 2 aromatic heterocycles. The van der Waals surface area contributed by atoms with Gasteiger partial charge >= 0.3 is 0 Å². The number of fused-ring (bicyclic) bond motifs is 1. The highest BCUT2D eigenvalue weighted by Crippen LogP contribution is 2.28. The zero-order chi connectivity index (χ0) is 25.4. The van der Waals surface area contributed by atoms with Gasteiger partial charge in [-0.1, -0.05) is 45.0 Å². The van der Waals surface area contributed by atoms with Crippen LogP contribution in [0.25, 0.3) is 11.0 Å². The second-order valence-corrected chi connectivity index (χ2v) is 10.7. The molecule has 4 rings (SSSR count). The first-order chi connectivity index (χ1) is 16.4. The molecule has 0 radical (unpaired) electrons. The summed E-state index contributed by atoms with van der Waals surface area (Å²) >= 11 is 0. The highest BCUT2D eigenvalue weighted by molar-refractivity contribution is 5.75. The van der Waals surface area contributed by atoms with Crippen LogP contribution in [0.3, 0.4) is 0 Å². The van der Waals surface area contributed by atoms with Crippen molar-refractivity contribution in [3.8, 4) is 0 Å². The Labute approximate surface area is 203 Å². The van der Waals surface area contributed by atoms with E-state index < -0.39 is 17.3 Å². The topological polar surface area (TPSA) is 63.1 Å². The molecule has 1 unspecified atom stereocenters. The molecule has 1 aromatic carbocycles. The van der Waals surface area contributed by atoms with Crippen molar-refractivity contribution >= 4 is 17.0 Å². The number of piperidine rings is 1. The van der Waals surface area contributed by atoms with E-state index in [1.165, 1.54) is 16.8 Å². The van der Waals surface area contributed by atoms with Crippen LogP contribution in [-0.4, -0.2) is 38.4 Å². The molecule has 188 valence electrons. The van der Waals surface area contributed by atoms with Crippen LogP contribution in [0, 0.1) is 11.2 Å². The van der Waals surface area contributed by atoms with E-state index in [0.29, 0.717) is 43.0 Å². The van der Waals surface area contributed by atoms with Crippen molar-refractivity contribution in [1.29, 1.82) is 0 Å². The third-order valence-electron chi connectivity index (χ3n) is 6.12. The minimum Gasteiger partial charge on any atom is -0.348 e. The number of alkyl halides is 2. The van der Waals surface area contributed by atoms with Crippen LogP contribution in [0.1, 0.15) is 57.7 Å². The maximum Gasteiger partial charge on any atom is 0.288 e. The van der Waals surface area contributed by atoms with Gasteiger partial charge in [-0.25, -0.2) is 18.2 Å². The number of benzene rings is 1. The Hall–Kier alpha value is -2.94. The Bertz CT molecular complexity index is 1250. The number of nitrogens with zero attached hydrogens (tertiary/aromatic N) is 4. The molecular weight excluding hydrogens is 455 g/mol. The first kappa shape index (κ1) is 25.2. The Kier molecular flexibility index (Phi) is 6.90. The van der Waals surface area contributed by atoms with Crippen molar-refractivity contribution in [1.82, 2.24) is 19.4 Å². The molecule has 3 aromatic rings. The molecule has 9 heteroatoms. The summed E-state index contributed by atoms with van der Waals surface area (Å²) in [6.07, 6.45) is 1.98. The molecule has 6 nitrogen and oxygen atoms in total. The zero-order valence-corrected chi connectivity index (χ0v) is 20.6. The van der Waals surface area contributed by atoms with Crippen LogP contribution < -0.4 is 10.9 Å². The van der Waals surface area contributed by atoms with E-state index in [2.05, 4.69) is 15.3 Å². The smallest absolute Gasteiger partial charge is 0.288 e. The second kappa shape index (κ2) is 9.60. The molecule has 0 spiro atoms. The van der Waals surface area contributed by atoms with Gasteiger partial charge in [-0.15, -0.1) is 0 Å². The average Bonchev–Trinajstić information content (AvgIpc) is 2.76. The van der Waals surface area contributed by atoms with Crippen molar-refractivity contribution in [2.24, 2.45) is 5.41 Å². The van der Waals surface area contributed by atoms with Crippen LogP contribution >= 0.6 is 0 Å². The van der Waals surface area contributed by atoms with Crippen LogP contribution in [0.15, 0.2) is 41.3 Å². The number of likely N-dealkylation sites (tertiary alicyclic amines) is 1. The van der Waals surface area contributed by atoms with Crippen LogP contribution in [0.2, 0.25) is 0 Å². The third-order valence-corrected chi connectivity index (χ3v) is 6.12. The van der Waals surface area contributed by atoms with Gasteiger partial charge in [0.1, 0.15) is 5.65 Å². The van der Waals surface area contributed by atoms with Crippen molar-refractivity contribution in [2.75, 3.05) is 18.4 Å². The van der Waals surface area contributed by atoms with Crippen molar-refractivity contribution in [3.63, 3.8) is 0 Å². The fraction of sp³-hybridized carbons (Fsp3) is 0.500. The number of rotatable bonds is 6. The Morgan fingerprint density at radius 2 is 1.91 bits per heavy atom. The molecule has 1 saturated heterocycles. The highest BCUT2D eigenvalue weighted by atomic mass is 19.3. The predicted octanol–water partition coefficient (Wildman–Crippen LogP) is 5.38. The standard InChI is InChI=1S/C26H32F3N5O/c1-17(19-8-6-18(7-9-19)14-33-11-5-10-26(28,29)16-33)31-24-30-13-20-12-21(27)23(35)34(22(20)32-24)15-25(2,3)4/h6-9,12-13,17H,5,10-11,14-16H2,1-4H3,(H,30,31,32). The molecule has 1 aliphatic rings. The normalized spacial score (nSPS) is 17.5. The minimum absolute atomic E-state index is 0.0380. The summed E-state index contributed by atoms with van der Waals surface area (Å²) in [5, 5.41) is 3.70. The molecule has 35 heavy (non-hydrogen) atoms. The zero-order valence-electron chi connectivity index (χ0n) is 20.6. The molecule has 0 saturated carbocycles. The second-order valence-electron chi connectivity index (χ2n) is 10.7. The summed E-state index contributed by atoms with van der Waals surface area (Å²) in [4.78, 5) is 23.1. The van der Waals surface area contributed by atoms with Crippen LogP contribution in [-0.2, 0) is 13.1 Å². The predicted molar refractivity (Wildman–Crippen MR) is 131 cm³/mol. The molecule has 1 N–H and O–H groups in total. The van der Waals surface area contributed by atoms with E-state index in [1.807, 2.05) is 52.0 Å². The quantitative estimate of drug-likeness (QED) is 0.506. The van der Waals surface area contributed by atoms with E-state index in [9.17, 15) is 18.0 Å². The maximum atomic E-state index is 14.2. The van der Waals surface area contributed by atoms with E-state index in [0.717, 1.165) is 11.1 Å². The van der Waals surface area contributed by atoms with Gasteiger partial charge in [0.25, 0.3) is 11.5 Å². The summed E-state index contributed by atoms with van der Waals surface area (Å²) in [6, 6.07) is 8.84. The molecule has 3 heterocycles. The van der Waals surface area contributed by atoms with Gasteiger partial charge in [-0.2, -0.15) is 4.98 Å². The number of halogens is 3. The Balaban J connectivity index is 1.50. The van der Waals surface area contributed by atoms with Crippen LogP contribution in [0.4, 0.5) is 19.1 Å². The van der Waals surface area contributed by atoms with Gasteiger partial charge in [0.15, 0.2) is 5.82 Å². The van der Waals surface area contributed by atoms with Gasteiger partial charge in [0.2, 0.25) is 5.95 Å². The van der Waals surface area contributed by atoms with Gasteiger partial charge in [0, 0.05) is 31.1 Å². The third kappa shape index (κ3) is 6.20. The summed E-state index contributed by atoms with van der Waals surface area (Å²) in [5.74, 6) is -3.11. The lowest BCUT2D eigenvalue weighted by atomic mass is 9.97. The summed E-state index contributed by atoms with van der Waals surface area (Å²) < 4.78 is 42.9. The molecule has 0 aliphatic carbocycles. The Morgan fingerprint density at radius 1 is 1.20 bits per heavy atom. The van der Waals surface area contributed by atoms with Gasteiger partial charge in [-0.05, 0) is 42.5 Å². The lowest BCUT2D eigenvalue weighted by molar-refractivity contribution is -0.0661. The summed E-state index contributed by atoms with van der Waals surface area (Å²) in [7, 11) is 0. The maximum absolute atomic E-state index is 14.2. The van der Waals surface area contributed by atoms with E-state index in [-0.39, 0.29) is 24.4 Å². The number of hydrogen-bond acceptors (Lipinski definition) is 5. The fourth-order valence-electron chi connectivity index (χ4n) is 4.44. The summed E-state index contributed by atoms with van der Waals surface area (Å²) in [6.45, 7) is 9.16. The van der Waals surface area contributed by atoms with E-state index >= 15 is 0 Å². The average molecular weight is 488 g/mol. The molecule has 0 bridgehead atoms. The molecule has 1 aliphatic heterocycles. The number of anilines is 1. The molecule has 1 atom stereocenters. The van der Waals surface area contributed by atoms with Crippen molar-refractivity contribution in [3.05, 3.63) is 63.8 Å². The minimum atomic E-state index is -2.61. The Morgan fingerprint density at radius 3 is 2.57 bits per heavy atom. The van der Waals surface area contributed by atoms with Crippen LogP contribution in [0.5, 0.6) is 0 Å². The highest BCUT2D eigenvalue weighted by Gasteiger charge is 2.34. The molecule has 1 fully saturated rings. The van der Waals surface area contributed by atoms with Crippen molar-refractivity contribution < 1.29 is 13.2 Å². The lowest BCUT2D eigenvalue weighted by Crippen LogP contribution is -2.41. The van der Waals surface area contributed by atoms with E-state index in [4.69, 9.17) is 0 Å². The van der Waals surface area contributed by atoms with Crippen molar-refractivity contribution in [2.45, 2.75) is 65.6 Å². The molecule has 0 amide bonds. The number of pyridine rings is 1. The molecular formula is C26H32F3N5O. The fourth-order valence-corrected chi connectivity index (χ4v) is 4.44. The number of aromatic nitrogens is 3. The number of nitrogens with one attached hydrogen (secondary N) is 1. The lowest BCUT2D eigenvalue weighted by Gasteiger charge is -2.32. The van der Waals surface area contributed by atoms with E-state index in [1.54, 1.807) is 4.90 Å². The first-order valence-electron chi connectivity index (χ1n) is 11.9.